The van der Waals surface area contributed by atoms with Crippen molar-refractivity contribution in [1.82, 2.24) is 0 Å². The lowest BCUT2D eigenvalue weighted by atomic mass is 9.89. The zero-order valence-electron chi connectivity index (χ0n) is 15.1. The van der Waals surface area contributed by atoms with Gasteiger partial charge in [0.15, 0.2) is 0 Å². The Labute approximate surface area is 152 Å². The van der Waals surface area contributed by atoms with Gasteiger partial charge in [-0.05, 0) is 42.2 Å². The molecule has 3 aromatic rings. The fourth-order valence-electron chi connectivity index (χ4n) is 3.41. The van der Waals surface area contributed by atoms with Crippen molar-refractivity contribution in [2.45, 2.75) is 27.2 Å². The van der Waals surface area contributed by atoms with Crippen LogP contribution >= 0.6 is 0 Å². The Morgan fingerprint density at radius 3 is 2.50 bits per heavy atom. The number of carbonyl (C=O) groups is 1. The third kappa shape index (κ3) is 2.81. The largest absolute Gasteiger partial charge is 0.507 e. The average molecular weight is 352 g/mol. The quantitative estimate of drug-likeness (QED) is 0.640. The summed E-state index contributed by atoms with van der Waals surface area (Å²) >= 11 is 0. The van der Waals surface area contributed by atoms with Crippen LogP contribution in [0.5, 0.6) is 5.75 Å². The normalized spacial score (nSPS) is 10.9. The third-order valence-corrected chi connectivity index (χ3v) is 4.67. The number of halogens is 1. The number of aromatic hydroxyl groups is 1. The molecule has 0 heterocycles. The number of phenolic OH excluding ortho intramolecular Hbond substituents is 1. The predicted molar refractivity (Wildman–Crippen MR) is 101 cm³/mol. The van der Waals surface area contributed by atoms with E-state index in [0.717, 1.165) is 10.8 Å². The number of esters is 1. The zero-order chi connectivity index (χ0) is 18.8. The molecule has 0 bridgehead atoms. The maximum atomic E-state index is 15.4. The summed E-state index contributed by atoms with van der Waals surface area (Å²) in [6, 6.07) is 13.1. The van der Waals surface area contributed by atoms with Gasteiger partial charge in [0.1, 0.15) is 17.1 Å². The molecule has 3 rings (SSSR count). The minimum Gasteiger partial charge on any atom is -0.507 e. The molecule has 0 aliphatic rings. The number of ether oxygens (including phenoxy) is 1. The molecule has 0 aliphatic carbocycles. The summed E-state index contributed by atoms with van der Waals surface area (Å²) in [5, 5.41) is 12.5. The van der Waals surface area contributed by atoms with E-state index in [4.69, 9.17) is 4.74 Å². The number of hydrogen-bond acceptors (Lipinski definition) is 3. The number of hydrogen-bond donors (Lipinski definition) is 1. The lowest BCUT2D eigenvalue weighted by molar-refractivity contribution is 0.0523. The highest BCUT2D eigenvalue weighted by Crippen LogP contribution is 2.41. The van der Waals surface area contributed by atoms with Crippen molar-refractivity contribution in [3.05, 3.63) is 65.0 Å². The van der Waals surface area contributed by atoms with Gasteiger partial charge >= 0.3 is 5.97 Å². The van der Waals surface area contributed by atoms with E-state index in [9.17, 15) is 9.90 Å². The molecule has 0 atom stereocenters. The van der Waals surface area contributed by atoms with Crippen LogP contribution in [0.2, 0.25) is 0 Å². The van der Waals surface area contributed by atoms with Crippen LogP contribution in [0.25, 0.3) is 21.9 Å². The molecule has 0 aliphatic heterocycles. The molecule has 3 nitrogen and oxygen atoms in total. The van der Waals surface area contributed by atoms with E-state index in [2.05, 4.69) is 0 Å². The molecule has 1 N–H and O–H groups in total. The number of carbonyl (C=O) groups excluding carboxylic acids is 1. The molecule has 4 heteroatoms. The van der Waals surface area contributed by atoms with Crippen LogP contribution < -0.4 is 0 Å². The van der Waals surface area contributed by atoms with Gasteiger partial charge in [-0.25, -0.2) is 9.18 Å². The molecule has 0 aromatic heterocycles. The van der Waals surface area contributed by atoms with Crippen molar-refractivity contribution in [1.29, 1.82) is 0 Å². The highest BCUT2D eigenvalue weighted by Gasteiger charge is 2.28. The van der Waals surface area contributed by atoms with Crippen LogP contribution in [0, 0.1) is 12.7 Å². The maximum absolute atomic E-state index is 15.4. The maximum Gasteiger partial charge on any atom is 0.342 e. The van der Waals surface area contributed by atoms with Crippen molar-refractivity contribution in [2.75, 3.05) is 6.61 Å². The highest BCUT2D eigenvalue weighted by atomic mass is 19.1. The molecule has 134 valence electrons. The molecular weight excluding hydrogens is 331 g/mol. The summed E-state index contributed by atoms with van der Waals surface area (Å²) in [6.45, 7) is 5.26. The molecule has 0 fully saturated rings. The minimum absolute atomic E-state index is 0.0902. The molecule has 0 unspecified atom stereocenters. The standard InChI is InChI=1S/C22H21FO3/c1-4-15-13(3)20(23)18(19(21(15)24)22(25)26-5-2)17-12-8-10-14-9-6-7-11-16(14)17/h6-12,24H,4-5H2,1-3H3. The summed E-state index contributed by atoms with van der Waals surface area (Å²) in [7, 11) is 0. The van der Waals surface area contributed by atoms with Gasteiger partial charge in [-0.3, -0.25) is 0 Å². The second-order valence-electron chi connectivity index (χ2n) is 6.12. The van der Waals surface area contributed by atoms with E-state index in [-0.39, 0.29) is 23.5 Å². The minimum atomic E-state index is -0.721. The monoisotopic (exact) mass is 352 g/mol. The van der Waals surface area contributed by atoms with Crippen molar-refractivity contribution in [3.63, 3.8) is 0 Å². The van der Waals surface area contributed by atoms with E-state index in [0.29, 0.717) is 23.1 Å². The smallest absolute Gasteiger partial charge is 0.342 e. The van der Waals surface area contributed by atoms with Crippen LogP contribution in [0.3, 0.4) is 0 Å². The van der Waals surface area contributed by atoms with Gasteiger partial charge in [0.25, 0.3) is 0 Å². The topological polar surface area (TPSA) is 46.5 Å². The fraction of sp³-hybridized carbons (Fsp3) is 0.227. The van der Waals surface area contributed by atoms with E-state index < -0.39 is 11.8 Å². The van der Waals surface area contributed by atoms with E-state index in [1.165, 1.54) is 0 Å². The first kappa shape index (κ1) is 17.9. The first-order valence-corrected chi connectivity index (χ1v) is 8.70. The molecule has 0 radical (unpaired) electrons. The van der Waals surface area contributed by atoms with Crippen LogP contribution in [-0.2, 0) is 11.2 Å². The summed E-state index contributed by atoms with van der Waals surface area (Å²) in [5.74, 6) is -1.42. The molecular formula is C22H21FO3. The summed E-state index contributed by atoms with van der Waals surface area (Å²) < 4.78 is 20.5. The SMILES string of the molecule is CCOC(=O)c1c(O)c(CC)c(C)c(F)c1-c1cccc2ccccc12. The van der Waals surface area contributed by atoms with Crippen molar-refractivity contribution < 1.29 is 19.0 Å². The van der Waals surface area contributed by atoms with Gasteiger partial charge in [-0.15, -0.1) is 0 Å². The summed E-state index contributed by atoms with van der Waals surface area (Å²) in [5.41, 5.74) is 1.32. The Morgan fingerprint density at radius 2 is 1.81 bits per heavy atom. The molecule has 0 saturated heterocycles. The molecule has 0 saturated carbocycles. The van der Waals surface area contributed by atoms with Crippen molar-refractivity contribution in [2.24, 2.45) is 0 Å². The second-order valence-corrected chi connectivity index (χ2v) is 6.12. The molecule has 26 heavy (non-hydrogen) atoms. The molecule has 0 spiro atoms. The molecule has 3 aromatic carbocycles. The van der Waals surface area contributed by atoms with Crippen LogP contribution in [0.1, 0.15) is 35.3 Å². The fourth-order valence-corrected chi connectivity index (χ4v) is 3.41. The number of fused-ring (bicyclic) bond motifs is 1. The highest BCUT2D eigenvalue weighted by molar-refractivity contribution is 6.06. The third-order valence-electron chi connectivity index (χ3n) is 4.67. The lowest BCUT2D eigenvalue weighted by Crippen LogP contribution is -2.11. The van der Waals surface area contributed by atoms with Crippen molar-refractivity contribution in [3.8, 4) is 16.9 Å². The lowest BCUT2D eigenvalue weighted by Gasteiger charge is -2.19. The summed E-state index contributed by atoms with van der Waals surface area (Å²) in [4.78, 5) is 12.6. The van der Waals surface area contributed by atoms with Crippen LogP contribution in [0.4, 0.5) is 4.39 Å². The predicted octanol–water partition coefficient (Wildman–Crippen LogP) is 5.40. The second kappa shape index (κ2) is 7.16. The first-order valence-electron chi connectivity index (χ1n) is 8.70. The first-order chi connectivity index (χ1) is 12.5. The number of phenols is 1. The van der Waals surface area contributed by atoms with Gasteiger partial charge in [-0.2, -0.15) is 0 Å². The van der Waals surface area contributed by atoms with E-state index in [1.807, 2.05) is 43.3 Å². The van der Waals surface area contributed by atoms with E-state index >= 15 is 4.39 Å². The number of rotatable bonds is 4. The average Bonchev–Trinajstić information content (AvgIpc) is 2.64. The van der Waals surface area contributed by atoms with Gasteiger partial charge < -0.3 is 9.84 Å². The van der Waals surface area contributed by atoms with Gasteiger partial charge in [-0.1, -0.05) is 49.4 Å². The summed E-state index contributed by atoms with van der Waals surface area (Å²) in [6.07, 6.45) is 0.414. The Balaban J connectivity index is 2.44. The van der Waals surface area contributed by atoms with Crippen LogP contribution in [-0.4, -0.2) is 17.7 Å². The van der Waals surface area contributed by atoms with Crippen molar-refractivity contribution >= 4 is 16.7 Å². The Hall–Kier alpha value is -2.88. The van der Waals surface area contributed by atoms with Crippen LogP contribution in [0.15, 0.2) is 42.5 Å². The zero-order valence-corrected chi connectivity index (χ0v) is 15.1. The number of benzene rings is 3. The Kier molecular flexibility index (Phi) is 4.94. The van der Waals surface area contributed by atoms with Gasteiger partial charge in [0, 0.05) is 11.1 Å². The van der Waals surface area contributed by atoms with Gasteiger partial charge in [0.2, 0.25) is 0 Å². The van der Waals surface area contributed by atoms with Gasteiger partial charge in [0.05, 0.1) is 6.61 Å². The Bertz CT molecular complexity index is 987. The molecule has 0 amide bonds. The van der Waals surface area contributed by atoms with E-state index in [1.54, 1.807) is 19.9 Å². The Morgan fingerprint density at radius 1 is 1.12 bits per heavy atom.